The van der Waals surface area contributed by atoms with Crippen molar-refractivity contribution in [3.63, 3.8) is 0 Å². The summed E-state index contributed by atoms with van der Waals surface area (Å²) in [5.41, 5.74) is 2.38. The summed E-state index contributed by atoms with van der Waals surface area (Å²) in [6.45, 7) is 0. The van der Waals surface area contributed by atoms with E-state index in [4.69, 9.17) is 11.6 Å². The first-order valence-electron chi connectivity index (χ1n) is 5.13. The lowest BCUT2D eigenvalue weighted by Crippen LogP contribution is -1.81. The van der Waals surface area contributed by atoms with Crippen LogP contribution in [0.5, 0.6) is 0 Å². The Bertz CT molecular complexity index is 691. The number of hydrogen-bond acceptors (Lipinski definition) is 1. The number of aromatic nitrogens is 2. The molecule has 3 rings (SSSR count). The van der Waals surface area contributed by atoms with Crippen molar-refractivity contribution in [1.82, 2.24) is 9.97 Å². The number of benzene rings is 2. The molecule has 0 aliphatic carbocycles. The van der Waals surface area contributed by atoms with Crippen LogP contribution in [0, 0.1) is 5.82 Å². The molecule has 1 N–H and O–H groups in total. The van der Waals surface area contributed by atoms with Gasteiger partial charge in [0.15, 0.2) is 0 Å². The molecular formula is C13H8ClFN2. The van der Waals surface area contributed by atoms with E-state index in [2.05, 4.69) is 9.97 Å². The van der Waals surface area contributed by atoms with Crippen molar-refractivity contribution in [2.45, 2.75) is 0 Å². The summed E-state index contributed by atoms with van der Waals surface area (Å²) in [6, 6.07) is 11.7. The number of H-pyrrole nitrogens is 1. The van der Waals surface area contributed by atoms with Gasteiger partial charge in [-0.25, -0.2) is 9.37 Å². The smallest absolute Gasteiger partial charge is 0.138 e. The van der Waals surface area contributed by atoms with Crippen LogP contribution in [-0.2, 0) is 0 Å². The van der Waals surface area contributed by atoms with Crippen LogP contribution in [0.15, 0.2) is 42.5 Å². The van der Waals surface area contributed by atoms with Gasteiger partial charge in [-0.15, -0.1) is 0 Å². The third-order valence-electron chi connectivity index (χ3n) is 2.54. The summed E-state index contributed by atoms with van der Waals surface area (Å²) in [5, 5.41) is 0.634. The minimum absolute atomic E-state index is 0.277. The fraction of sp³-hybridized carbons (Fsp3) is 0. The Hall–Kier alpha value is -1.87. The largest absolute Gasteiger partial charge is 0.338 e. The number of hydrogen-bond donors (Lipinski definition) is 1. The second-order valence-corrected chi connectivity index (χ2v) is 4.19. The fourth-order valence-electron chi connectivity index (χ4n) is 1.75. The monoisotopic (exact) mass is 246 g/mol. The van der Waals surface area contributed by atoms with Gasteiger partial charge in [-0.1, -0.05) is 23.7 Å². The van der Waals surface area contributed by atoms with Gasteiger partial charge in [-0.05, 0) is 30.3 Å². The lowest BCUT2D eigenvalue weighted by Gasteiger charge is -1.95. The molecule has 0 saturated carbocycles. The van der Waals surface area contributed by atoms with Gasteiger partial charge in [-0.3, -0.25) is 0 Å². The maximum absolute atomic E-state index is 13.1. The number of nitrogens with zero attached hydrogens (tertiary/aromatic N) is 1. The maximum Gasteiger partial charge on any atom is 0.138 e. The van der Waals surface area contributed by atoms with Crippen molar-refractivity contribution in [3.05, 3.63) is 53.3 Å². The molecule has 0 saturated heterocycles. The van der Waals surface area contributed by atoms with E-state index in [1.165, 1.54) is 12.1 Å². The molecule has 0 amide bonds. The first kappa shape index (κ1) is 10.3. The highest BCUT2D eigenvalue weighted by atomic mass is 35.5. The predicted molar refractivity (Wildman–Crippen MR) is 66.5 cm³/mol. The summed E-state index contributed by atoms with van der Waals surface area (Å²) < 4.78 is 13.1. The van der Waals surface area contributed by atoms with Gasteiger partial charge in [0.2, 0.25) is 0 Å². The number of rotatable bonds is 1. The SMILES string of the molecule is Fc1cccc(-c2nc3cc(Cl)ccc3[nH]2)c1. The van der Waals surface area contributed by atoms with E-state index in [1.54, 1.807) is 18.2 Å². The number of imidazole rings is 1. The highest BCUT2D eigenvalue weighted by Crippen LogP contribution is 2.23. The van der Waals surface area contributed by atoms with Gasteiger partial charge in [0.25, 0.3) is 0 Å². The van der Waals surface area contributed by atoms with Crippen molar-refractivity contribution in [2.75, 3.05) is 0 Å². The molecule has 0 unspecified atom stereocenters. The number of aromatic amines is 1. The van der Waals surface area contributed by atoms with E-state index >= 15 is 0 Å². The van der Waals surface area contributed by atoms with Gasteiger partial charge in [0.05, 0.1) is 11.0 Å². The fourth-order valence-corrected chi connectivity index (χ4v) is 1.92. The predicted octanol–water partition coefficient (Wildman–Crippen LogP) is 4.02. The second kappa shape index (κ2) is 3.86. The van der Waals surface area contributed by atoms with E-state index in [1.807, 2.05) is 12.1 Å². The molecule has 1 aromatic heterocycles. The van der Waals surface area contributed by atoms with Crippen LogP contribution < -0.4 is 0 Å². The Kier molecular flexibility index (Phi) is 2.34. The second-order valence-electron chi connectivity index (χ2n) is 3.76. The normalized spacial score (nSPS) is 10.9. The van der Waals surface area contributed by atoms with E-state index in [0.717, 1.165) is 16.6 Å². The quantitative estimate of drug-likeness (QED) is 0.690. The van der Waals surface area contributed by atoms with Crippen LogP contribution in [0.25, 0.3) is 22.4 Å². The average molecular weight is 247 g/mol. The minimum atomic E-state index is -0.277. The highest BCUT2D eigenvalue weighted by Gasteiger charge is 2.06. The van der Waals surface area contributed by atoms with Crippen LogP contribution in [0.2, 0.25) is 5.02 Å². The zero-order chi connectivity index (χ0) is 11.8. The Morgan fingerprint density at radius 3 is 2.82 bits per heavy atom. The Labute approximate surface area is 102 Å². The van der Waals surface area contributed by atoms with Gasteiger partial charge < -0.3 is 4.98 Å². The van der Waals surface area contributed by atoms with E-state index < -0.39 is 0 Å². The topological polar surface area (TPSA) is 28.7 Å². The van der Waals surface area contributed by atoms with Crippen LogP contribution in [0.1, 0.15) is 0 Å². The van der Waals surface area contributed by atoms with Crippen molar-refractivity contribution < 1.29 is 4.39 Å². The van der Waals surface area contributed by atoms with E-state index in [-0.39, 0.29) is 5.82 Å². The molecule has 2 aromatic carbocycles. The zero-order valence-corrected chi connectivity index (χ0v) is 9.50. The molecule has 0 atom stereocenters. The molecule has 0 fully saturated rings. The summed E-state index contributed by atoms with van der Waals surface area (Å²) in [7, 11) is 0. The average Bonchev–Trinajstić information content (AvgIpc) is 2.72. The molecule has 0 aliphatic heterocycles. The summed E-state index contributed by atoms with van der Waals surface area (Å²) in [5.74, 6) is 0.364. The molecule has 84 valence electrons. The number of nitrogens with one attached hydrogen (secondary N) is 1. The van der Waals surface area contributed by atoms with Crippen molar-refractivity contribution in [3.8, 4) is 11.4 Å². The van der Waals surface area contributed by atoms with Gasteiger partial charge in [0, 0.05) is 10.6 Å². The van der Waals surface area contributed by atoms with Crippen molar-refractivity contribution in [1.29, 1.82) is 0 Å². The summed E-state index contributed by atoms with van der Waals surface area (Å²) in [6.07, 6.45) is 0. The Morgan fingerprint density at radius 1 is 1.12 bits per heavy atom. The molecule has 0 spiro atoms. The zero-order valence-electron chi connectivity index (χ0n) is 8.74. The molecule has 1 heterocycles. The molecular weight excluding hydrogens is 239 g/mol. The molecule has 0 aliphatic rings. The third kappa shape index (κ3) is 1.89. The Morgan fingerprint density at radius 2 is 2.00 bits per heavy atom. The number of halogens is 2. The molecule has 0 radical (unpaired) electrons. The maximum atomic E-state index is 13.1. The first-order chi connectivity index (χ1) is 8.22. The van der Waals surface area contributed by atoms with E-state index in [0.29, 0.717) is 10.8 Å². The minimum Gasteiger partial charge on any atom is -0.338 e. The first-order valence-corrected chi connectivity index (χ1v) is 5.51. The summed E-state index contributed by atoms with van der Waals surface area (Å²) in [4.78, 5) is 7.51. The highest BCUT2D eigenvalue weighted by molar-refractivity contribution is 6.31. The van der Waals surface area contributed by atoms with Crippen LogP contribution in [0.4, 0.5) is 4.39 Å². The van der Waals surface area contributed by atoms with E-state index in [9.17, 15) is 4.39 Å². The molecule has 2 nitrogen and oxygen atoms in total. The van der Waals surface area contributed by atoms with Gasteiger partial charge in [0.1, 0.15) is 11.6 Å². The van der Waals surface area contributed by atoms with Gasteiger partial charge in [-0.2, -0.15) is 0 Å². The molecule has 17 heavy (non-hydrogen) atoms. The Balaban J connectivity index is 2.18. The number of fused-ring (bicyclic) bond motifs is 1. The lowest BCUT2D eigenvalue weighted by molar-refractivity contribution is 0.628. The molecule has 3 aromatic rings. The molecule has 4 heteroatoms. The molecule has 0 bridgehead atoms. The van der Waals surface area contributed by atoms with Crippen LogP contribution in [0.3, 0.4) is 0 Å². The standard InChI is InChI=1S/C13H8ClFN2/c14-9-4-5-11-12(7-9)17-13(16-11)8-2-1-3-10(15)6-8/h1-7H,(H,16,17). The lowest BCUT2D eigenvalue weighted by atomic mass is 10.2. The van der Waals surface area contributed by atoms with Crippen LogP contribution >= 0.6 is 11.6 Å². The van der Waals surface area contributed by atoms with Crippen molar-refractivity contribution in [2.24, 2.45) is 0 Å². The summed E-state index contributed by atoms with van der Waals surface area (Å²) >= 11 is 5.89. The van der Waals surface area contributed by atoms with Crippen molar-refractivity contribution >= 4 is 22.6 Å². The third-order valence-corrected chi connectivity index (χ3v) is 2.78. The van der Waals surface area contributed by atoms with Crippen LogP contribution in [-0.4, -0.2) is 9.97 Å². The van der Waals surface area contributed by atoms with Gasteiger partial charge >= 0.3 is 0 Å².